The van der Waals surface area contributed by atoms with E-state index >= 15 is 0 Å². The molecular weight excluding hydrogens is 661 g/mol. The van der Waals surface area contributed by atoms with Gasteiger partial charge in [0.25, 0.3) is 40.5 Å². The molecule has 4 rings (SSSR count). The second-order valence-corrected chi connectivity index (χ2v) is 14.3. The van der Waals surface area contributed by atoms with E-state index in [-0.39, 0.29) is 27.6 Å². The lowest BCUT2D eigenvalue weighted by molar-refractivity contribution is 0.0697. The minimum Gasteiger partial charge on any atom is -0.478 e. The topological polar surface area (TPSA) is 292 Å². The second kappa shape index (κ2) is 10.9. The zero-order valence-corrected chi connectivity index (χ0v) is 24.2. The van der Waals surface area contributed by atoms with Gasteiger partial charge >= 0.3 is 5.97 Å². The van der Waals surface area contributed by atoms with E-state index in [1.807, 2.05) is 0 Å². The highest BCUT2D eigenvalue weighted by Gasteiger charge is 2.32. The predicted octanol–water partition coefficient (Wildman–Crippen LogP) is 1.40. The third-order valence-electron chi connectivity index (χ3n) is 5.73. The molecule has 1 aliphatic carbocycles. The summed E-state index contributed by atoms with van der Waals surface area (Å²) < 4.78 is 140. The summed E-state index contributed by atoms with van der Waals surface area (Å²) in [7, 11) is -20.4. The van der Waals surface area contributed by atoms with E-state index in [9.17, 15) is 52.7 Å². The molecule has 17 nitrogen and oxygen atoms in total. The molecule has 0 saturated heterocycles. The third-order valence-corrected chi connectivity index (χ3v) is 8.53. The Morgan fingerprint density at radius 1 is 0.767 bits per heavy atom. The van der Waals surface area contributed by atoms with E-state index in [4.69, 9.17) is 13.5 Å². The van der Waals surface area contributed by atoms with Gasteiger partial charge < -0.3 is 14.8 Å². The lowest BCUT2D eigenvalue weighted by atomic mass is 9.90. The van der Waals surface area contributed by atoms with Gasteiger partial charge in [-0.15, -0.1) is 0 Å². The summed E-state index contributed by atoms with van der Waals surface area (Å²) in [6.07, 6.45) is 0. The molecule has 0 amide bonds. The van der Waals surface area contributed by atoms with Gasteiger partial charge in [-0.1, -0.05) is 18.2 Å². The number of nitrogens with one attached hydrogen (secondary N) is 1. The summed E-state index contributed by atoms with van der Waals surface area (Å²) in [4.78, 5) is 13.1. The molecule has 21 heteroatoms. The maximum absolute atomic E-state index is 12.6. The van der Waals surface area contributed by atoms with Crippen LogP contribution in [0.4, 0.5) is 5.69 Å². The van der Waals surface area contributed by atoms with Crippen LogP contribution in [0.3, 0.4) is 0 Å². The fourth-order valence-electron chi connectivity index (χ4n) is 4.23. The van der Waals surface area contributed by atoms with Gasteiger partial charge in [0.2, 0.25) is 0 Å². The van der Waals surface area contributed by atoms with E-state index in [1.165, 1.54) is 18.2 Å². The molecule has 0 unspecified atom stereocenters. The van der Waals surface area contributed by atoms with Crippen LogP contribution in [0.15, 0.2) is 67.7 Å². The monoisotopic (exact) mass is 678 g/mol. The number of carboxylic acids is 1. The first-order valence-corrected chi connectivity index (χ1v) is 17.3. The Bertz CT molecular complexity index is 2290. The Balaban J connectivity index is 2.35. The van der Waals surface area contributed by atoms with Gasteiger partial charge in [-0.2, -0.15) is 33.7 Å². The van der Waals surface area contributed by atoms with Crippen LogP contribution in [0, 0.1) is 0 Å². The highest BCUT2D eigenvalue weighted by atomic mass is 32.2. The number of fused-ring (bicyclic) bond motifs is 2. The molecule has 43 heavy (non-hydrogen) atoms. The number of hydrogen-bond donors (Lipinski definition) is 6. The van der Waals surface area contributed by atoms with E-state index < -0.39 is 90.4 Å². The van der Waals surface area contributed by atoms with E-state index in [2.05, 4.69) is 10.3 Å². The van der Waals surface area contributed by atoms with Crippen LogP contribution < -0.4 is 10.7 Å². The number of anilines is 1. The Kier molecular flexibility index (Phi) is 8.14. The van der Waals surface area contributed by atoms with Crippen LogP contribution in [0.25, 0.3) is 33.4 Å². The van der Waals surface area contributed by atoms with Crippen molar-refractivity contribution < 1.29 is 66.2 Å². The predicted molar refractivity (Wildman–Crippen MR) is 147 cm³/mol. The summed E-state index contributed by atoms with van der Waals surface area (Å²) in [6.45, 7) is 0. The Hall–Kier alpha value is -3.96. The lowest BCUT2D eigenvalue weighted by Gasteiger charge is -2.20. The van der Waals surface area contributed by atoms with Crippen molar-refractivity contribution in [3.63, 3.8) is 0 Å². The molecule has 2 aliphatic rings. The van der Waals surface area contributed by atoms with Crippen molar-refractivity contribution in [2.75, 3.05) is 17.1 Å². The molecule has 2 aromatic carbocycles. The van der Waals surface area contributed by atoms with Crippen molar-refractivity contribution in [2.45, 2.75) is 9.79 Å². The van der Waals surface area contributed by atoms with Crippen LogP contribution in [0.2, 0.25) is 0 Å². The molecule has 0 bridgehead atoms. The number of benzene rings is 3. The minimum atomic E-state index is -5.43. The summed E-state index contributed by atoms with van der Waals surface area (Å²) in [5, 5.41) is 10.9. The fraction of sp³-hybridized carbons (Fsp3) is 0.0909. The van der Waals surface area contributed by atoms with Crippen LogP contribution >= 0.6 is 0 Å². The number of nitrogens with zero attached hydrogens (tertiary/aromatic N) is 1. The molecule has 0 atom stereocenters. The molecule has 0 aromatic heterocycles. The van der Waals surface area contributed by atoms with Gasteiger partial charge in [-0.05, 0) is 35.9 Å². The number of carbonyl (C=O) groups is 1. The van der Waals surface area contributed by atoms with Gasteiger partial charge in [0.1, 0.15) is 5.88 Å². The third kappa shape index (κ3) is 6.83. The number of carboxylic acid groups (broad SMARTS) is 1. The highest BCUT2D eigenvalue weighted by Crippen LogP contribution is 2.46. The molecule has 1 heterocycles. The number of hydrogen-bond acceptors (Lipinski definition) is 12. The maximum atomic E-state index is 12.6. The molecule has 1 aliphatic heterocycles. The largest absolute Gasteiger partial charge is 0.478 e. The first-order chi connectivity index (χ1) is 19.7. The molecule has 6 N–H and O–H groups in total. The average molecular weight is 679 g/mol. The van der Waals surface area contributed by atoms with Crippen LogP contribution in [-0.4, -0.2) is 74.7 Å². The minimum absolute atomic E-state index is 0.148. The van der Waals surface area contributed by atoms with Crippen LogP contribution in [0.1, 0.15) is 10.4 Å². The summed E-state index contributed by atoms with van der Waals surface area (Å²) in [5.74, 6) is -5.03. The zero-order chi connectivity index (χ0) is 32.1. The molecule has 2 aromatic rings. The molecule has 0 spiro atoms. The normalized spacial score (nSPS) is 13.4. The van der Waals surface area contributed by atoms with Gasteiger partial charge in [0.15, 0.2) is 27.0 Å². The Morgan fingerprint density at radius 2 is 1.40 bits per heavy atom. The standard InChI is InChI=1S/C22H18N2O15S4/c25-22(26)12-4-2-1-3-11(12)17-13-5-7-15(23-9-40(27,28)29)20(42(33,34)35)18(13)39-19-14(17)6-8-16(21(19)43(36,37)38)24-10-41(30,31)32/h1-8,23H,9-10H2,(H,25,26)(H,27,28,29)(H,30,31,32)(H,33,34,35)(H,36,37,38)/b24-16-. The van der Waals surface area contributed by atoms with Crippen molar-refractivity contribution >= 4 is 63.1 Å². The van der Waals surface area contributed by atoms with Gasteiger partial charge in [-0.25, -0.2) is 4.79 Å². The highest BCUT2D eigenvalue weighted by molar-refractivity contribution is 7.86. The van der Waals surface area contributed by atoms with Gasteiger partial charge in [0.05, 0.1) is 16.6 Å². The van der Waals surface area contributed by atoms with Gasteiger partial charge in [0, 0.05) is 16.5 Å². The van der Waals surface area contributed by atoms with E-state index in [0.29, 0.717) is 0 Å². The summed E-state index contributed by atoms with van der Waals surface area (Å²) in [5.41, 5.74) is -2.58. The van der Waals surface area contributed by atoms with Crippen molar-refractivity contribution in [1.29, 1.82) is 0 Å². The first kappa shape index (κ1) is 32.0. The van der Waals surface area contributed by atoms with E-state index in [1.54, 1.807) is 0 Å². The van der Waals surface area contributed by atoms with Crippen LogP contribution in [-0.2, 0) is 40.5 Å². The summed E-state index contributed by atoms with van der Waals surface area (Å²) in [6, 6.07) is 9.19. The van der Waals surface area contributed by atoms with Gasteiger partial charge in [-0.3, -0.25) is 23.2 Å². The second-order valence-electron chi connectivity index (χ2n) is 8.66. The Labute approximate surface area is 242 Å². The molecule has 0 saturated carbocycles. The quantitative estimate of drug-likeness (QED) is 0.108. The lowest BCUT2D eigenvalue weighted by Crippen LogP contribution is -2.19. The van der Waals surface area contributed by atoms with E-state index in [0.717, 1.165) is 30.3 Å². The van der Waals surface area contributed by atoms with Crippen molar-refractivity contribution in [2.24, 2.45) is 4.99 Å². The Morgan fingerprint density at radius 3 is 1.95 bits per heavy atom. The van der Waals surface area contributed by atoms with Crippen LogP contribution in [0.5, 0.6) is 0 Å². The van der Waals surface area contributed by atoms with Crippen molar-refractivity contribution in [1.82, 2.24) is 0 Å². The SMILES string of the molecule is O=C(O)c1ccccc1-c1c2cc/c(=N/CS(=O)(=O)O)c(S(=O)(=O)O)c-2oc2c(S(=O)(=O)O)c(NCS(=O)(=O)O)ccc12. The smallest absolute Gasteiger partial charge is 0.336 e. The maximum Gasteiger partial charge on any atom is 0.336 e. The zero-order valence-electron chi connectivity index (χ0n) is 20.9. The summed E-state index contributed by atoms with van der Waals surface area (Å²) >= 11 is 0. The molecule has 0 fully saturated rings. The van der Waals surface area contributed by atoms with Crippen molar-refractivity contribution in [3.05, 3.63) is 59.5 Å². The number of aromatic carboxylic acids is 1. The molecule has 230 valence electrons. The fourth-order valence-corrected chi connectivity index (χ4v) is 6.45. The van der Waals surface area contributed by atoms with Crippen molar-refractivity contribution in [3.8, 4) is 22.5 Å². The first-order valence-electron chi connectivity index (χ1n) is 11.2. The average Bonchev–Trinajstić information content (AvgIpc) is 2.86. The molecular formula is C22H18N2O15S4. The molecule has 0 radical (unpaired) electrons. The number of rotatable bonds is 9.